The molecule has 0 N–H and O–H groups in total. The maximum Gasteiger partial charge on any atom is 0.228 e. The zero-order valence-electron chi connectivity index (χ0n) is 14.9. The number of hydrogen-bond acceptors (Lipinski definition) is 1. The first-order valence-corrected chi connectivity index (χ1v) is 9.10. The Kier molecular flexibility index (Phi) is 6.02. The average Bonchev–Trinajstić information content (AvgIpc) is 2.66. The van der Waals surface area contributed by atoms with Crippen molar-refractivity contribution in [3.63, 3.8) is 0 Å². The third kappa shape index (κ3) is 4.12. The SMILES string of the molecule is CCCC1CC=C(c2ccc(-c3cc(F)c(OCF)c(F)c3)cc2)CC1. The van der Waals surface area contributed by atoms with E-state index in [2.05, 4.69) is 17.7 Å². The molecule has 0 saturated carbocycles. The van der Waals surface area contributed by atoms with Gasteiger partial charge in [0.25, 0.3) is 0 Å². The van der Waals surface area contributed by atoms with Crippen molar-refractivity contribution < 1.29 is 17.9 Å². The van der Waals surface area contributed by atoms with E-state index in [1.54, 1.807) is 0 Å². The summed E-state index contributed by atoms with van der Waals surface area (Å²) >= 11 is 0. The molecule has 0 aromatic heterocycles. The van der Waals surface area contributed by atoms with Gasteiger partial charge in [0.2, 0.25) is 6.86 Å². The second-order valence-corrected chi connectivity index (χ2v) is 6.76. The number of benzene rings is 2. The van der Waals surface area contributed by atoms with Crippen LogP contribution < -0.4 is 4.74 Å². The van der Waals surface area contributed by atoms with Crippen LogP contribution in [0.2, 0.25) is 0 Å². The lowest BCUT2D eigenvalue weighted by Gasteiger charge is -2.21. The fraction of sp³-hybridized carbons (Fsp3) is 0.364. The van der Waals surface area contributed by atoms with E-state index in [0.29, 0.717) is 11.1 Å². The molecule has 0 aliphatic heterocycles. The normalized spacial score (nSPS) is 17.1. The molecule has 1 nitrogen and oxygen atoms in total. The summed E-state index contributed by atoms with van der Waals surface area (Å²) in [7, 11) is 0. The van der Waals surface area contributed by atoms with Crippen LogP contribution in [-0.2, 0) is 0 Å². The van der Waals surface area contributed by atoms with Crippen molar-refractivity contribution in [2.75, 3.05) is 6.86 Å². The van der Waals surface area contributed by atoms with Crippen LogP contribution in [0.25, 0.3) is 16.7 Å². The lowest BCUT2D eigenvalue weighted by Crippen LogP contribution is -2.05. The zero-order chi connectivity index (χ0) is 18.5. The molecule has 0 spiro atoms. The van der Waals surface area contributed by atoms with E-state index in [1.807, 2.05) is 24.3 Å². The number of allylic oxidation sites excluding steroid dienone is 2. The second-order valence-electron chi connectivity index (χ2n) is 6.76. The van der Waals surface area contributed by atoms with Crippen LogP contribution in [0.1, 0.15) is 44.6 Å². The molecule has 1 aliphatic carbocycles. The predicted octanol–water partition coefficient (Wildman–Crippen LogP) is 6.92. The first kappa shape index (κ1) is 18.6. The quantitative estimate of drug-likeness (QED) is 0.543. The van der Waals surface area contributed by atoms with Crippen LogP contribution in [0.3, 0.4) is 0 Å². The van der Waals surface area contributed by atoms with Gasteiger partial charge in [0, 0.05) is 0 Å². The number of hydrogen-bond donors (Lipinski definition) is 0. The molecule has 1 unspecified atom stereocenters. The van der Waals surface area contributed by atoms with Crippen molar-refractivity contribution in [2.24, 2.45) is 5.92 Å². The highest BCUT2D eigenvalue weighted by Crippen LogP contribution is 2.34. The number of ether oxygens (including phenoxy) is 1. The van der Waals surface area contributed by atoms with Crippen LogP contribution in [0, 0.1) is 17.6 Å². The largest absolute Gasteiger partial charge is 0.457 e. The molecule has 2 aromatic rings. The highest BCUT2D eigenvalue weighted by molar-refractivity contribution is 5.71. The molecule has 138 valence electrons. The van der Waals surface area contributed by atoms with Gasteiger partial charge in [-0.05, 0) is 59.6 Å². The van der Waals surface area contributed by atoms with Gasteiger partial charge in [-0.3, -0.25) is 0 Å². The molecule has 1 aliphatic rings. The summed E-state index contributed by atoms with van der Waals surface area (Å²) in [6.07, 6.45) is 8.24. The smallest absolute Gasteiger partial charge is 0.228 e. The van der Waals surface area contributed by atoms with Crippen molar-refractivity contribution >= 4 is 5.57 Å². The standard InChI is InChI=1S/C22H23F3O/c1-2-3-15-4-6-16(7-5-15)17-8-10-18(11-9-17)19-12-20(24)22(26-14-23)21(25)13-19/h6,8-13,15H,2-5,7,14H2,1H3. The Hall–Kier alpha value is -2.23. The van der Waals surface area contributed by atoms with Crippen molar-refractivity contribution in [3.8, 4) is 16.9 Å². The van der Waals surface area contributed by atoms with Gasteiger partial charge in [-0.25, -0.2) is 13.2 Å². The molecule has 0 heterocycles. The topological polar surface area (TPSA) is 9.23 Å². The predicted molar refractivity (Wildman–Crippen MR) is 98.6 cm³/mol. The molecule has 0 bridgehead atoms. The molecule has 0 amide bonds. The van der Waals surface area contributed by atoms with E-state index in [-0.39, 0.29) is 0 Å². The summed E-state index contributed by atoms with van der Waals surface area (Å²) in [4.78, 5) is 0. The molecule has 4 heteroatoms. The van der Waals surface area contributed by atoms with Crippen LogP contribution in [0.15, 0.2) is 42.5 Å². The fourth-order valence-electron chi connectivity index (χ4n) is 3.62. The summed E-state index contributed by atoms with van der Waals surface area (Å²) in [5.74, 6) is -1.70. The third-order valence-electron chi connectivity index (χ3n) is 5.00. The lowest BCUT2D eigenvalue weighted by atomic mass is 9.84. The van der Waals surface area contributed by atoms with Gasteiger partial charge in [-0.1, -0.05) is 50.1 Å². The van der Waals surface area contributed by atoms with E-state index in [9.17, 15) is 13.2 Å². The van der Waals surface area contributed by atoms with Gasteiger partial charge in [-0.2, -0.15) is 0 Å². The minimum atomic E-state index is -1.27. The minimum Gasteiger partial charge on any atom is -0.457 e. The summed E-state index contributed by atoms with van der Waals surface area (Å²) in [6, 6.07) is 10.0. The summed E-state index contributed by atoms with van der Waals surface area (Å²) in [5.41, 5.74) is 3.60. The minimum absolute atomic E-state index is 0.401. The Labute approximate surface area is 152 Å². The van der Waals surface area contributed by atoms with Gasteiger partial charge in [0.05, 0.1) is 0 Å². The summed E-state index contributed by atoms with van der Waals surface area (Å²) < 4.78 is 44.4. The molecule has 0 radical (unpaired) electrons. The molecular formula is C22H23F3O. The monoisotopic (exact) mass is 360 g/mol. The molecule has 1 atom stereocenters. The van der Waals surface area contributed by atoms with Crippen molar-refractivity contribution in [3.05, 3.63) is 59.7 Å². The Morgan fingerprint density at radius 3 is 2.19 bits per heavy atom. The van der Waals surface area contributed by atoms with Crippen LogP contribution in [0.4, 0.5) is 13.2 Å². The average molecular weight is 360 g/mol. The lowest BCUT2D eigenvalue weighted by molar-refractivity contribution is 0.176. The molecule has 0 fully saturated rings. The number of alkyl halides is 1. The van der Waals surface area contributed by atoms with Crippen molar-refractivity contribution in [1.29, 1.82) is 0 Å². The molecular weight excluding hydrogens is 337 g/mol. The van der Waals surface area contributed by atoms with Crippen LogP contribution in [0.5, 0.6) is 5.75 Å². The highest BCUT2D eigenvalue weighted by Gasteiger charge is 2.16. The van der Waals surface area contributed by atoms with Crippen molar-refractivity contribution in [1.82, 2.24) is 0 Å². The van der Waals surface area contributed by atoms with E-state index in [4.69, 9.17) is 0 Å². The fourth-order valence-corrected chi connectivity index (χ4v) is 3.62. The summed E-state index contributed by atoms with van der Waals surface area (Å²) in [5, 5.41) is 0. The maximum absolute atomic E-state index is 13.9. The van der Waals surface area contributed by atoms with Crippen LogP contribution in [-0.4, -0.2) is 6.86 Å². The maximum atomic E-state index is 13.9. The van der Waals surface area contributed by atoms with Gasteiger partial charge in [-0.15, -0.1) is 0 Å². The van der Waals surface area contributed by atoms with Gasteiger partial charge < -0.3 is 4.74 Å². The molecule has 0 saturated heterocycles. The highest BCUT2D eigenvalue weighted by atomic mass is 19.1. The first-order chi connectivity index (χ1) is 12.6. The van der Waals surface area contributed by atoms with Crippen molar-refractivity contribution in [2.45, 2.75) is 39.0 Å². The Balaban J connectivity index is 1.78. The van der Waals surface area contributed by atoms with Gasteiger partial charge in [0.15, 0.2) is 17.4 Å². The Morgan fingerprint density at radius 1 is 1.00 bits per heavy atom. The Morgan fingerprint density at radius 2 is 1.65 bits per heavy atom. The second kappa shape index (κ2) is 8.43. The molecule has 2 aromatic carbocycles. The van der Waals surface area contributed by atoms with E-state index in [1.165, 1.54) is 24.8 Å². The van der Waals surface area contributed by atoms with E-state index < -0.39 is 24.2 Å². The van der Waals surface area contributed by atoms with Crippen LogP contribution >= 0.6 is 0 Å². The van der Waals surface area contributed by atoms with E-state index in [0.717, 1.165) is 36.5 Å². The molecule has 3 rings (SSSR count). The van der Waals surface area contributed by atoms with E-state index >= 15 is 0 Å². The van der Waals surface area contributed by atoms with Gasteiger partial charge >= 0.3 is 0 Å². The first-order valence-electron chi connectivity index (χ1n) is 9.10. The summed E-state index contributed by atoms with van der Waals surface area (Å²) in [6.45, 7) is 0.954. The zero-order valence-corrected chi connectivity index (χ0v) is 14.9. The number of halogens is 3. The van der Waals surface area contributed by atoms with Gasteiger partial charge in [0.1, 0.15) is 0 Å². The molecule has 26 heavy (non-hydrogen) atoms. The third-order valence-corrected chi connectivity index (χ3v) is 5.00. The Bertz CT molecular complexity index is 757. The number of rotatable bonds is 6.